The fraction of sp³-hybridized carbons (Fsp3) is 0.538. The predicted octanol–water partition coefficient (Wildman–Crippen LogP) is 2.65. The average Bonchev–Trinajstić information content (AvgIpc) is 2.31. The van der Waals surface area contributed by atoms with Crippen molar-refractivity contribution in [2.45, 2.75) is 24.3 Å². The zero-order valence-electron chi connectivity index (χ0n) is 10.4. The van der Waals surface area contributed by atoms with E-state index in [1.165, 1.54) is 10.5 Å². The van der Waals surface area contributed by atoms with Gasteiger partial charge in [0.25, 0.3) is 0 Å². The molecule has 16 heavy (non-hydrogen) atoms. The number of nitrogens with two attached hydrogens (primary N) is 1. The Bertz CT molecular complexity index is 297. The number of hydrogen-bond acceptors (Lipinski definition) is 3. The average molecular weight is 238 g/mol. The van der Waals surface area contributed by atoms with Gasteiger partial charge in [0.15, 0.2) is 0 Å². The first-order valence-corrected chi connectivity index (χ1v) is 6.96. The maximum absolute atomic E-state index is 5.61. The summed E-state index contributed by atoms with van der Waals surface area (Å²) in [6.07, 6.45) is 3.15. The first-order valence-electron chi connectivity index (χ1n) is 5.74. The van der Waals surface area contributed by atoms with E-state index >= 15 is 0 Å². The van der Waals surface area contributed by atoms with Crippen molar-refractivity contribution < 1.29 is 0 Å². The monoisotopic (exact) mass is 238 g/mol. The minimum atomic E-state index is 0.402. The van der Waals surface area contributed by atoms with Crippen LogP contribution in [0.1, 0.15) is 24.9 Å². The molecule has 0 aromatic heterocycles. The molecule has 0 aliphatic carbocycles. The Kier molecular flexibility index (Phi) is 5.88. The fourth-order valence-corrected chi connectivity index (χ4v) is 2.43. The van der Waals surface area contributed by atoms with Crippen LogP contribution in [0.5, 0.6) is 0 Å². The van der Waals surface area contributed by atoms with Crippen molar-refractivity contribution >= 4 is 11.8 Å². The Hall–Kier alpha value is -0.510. The van der Waals surface area contributed by atoms with E-state index in [1.807, 2.05) is 7.05 Å². The Balaban J connectivity index is 2.78. The molecule has 1 aromatic carbocycles. The van der Waals surface area contributed by atoms with Gasteiger partial charge >= 0.3 is 0 Å². The molecule has 0 aliphatic heterocycles. The lowest BCUT2D eigenvalue weighted by Crippen LogP contribution is -2.25. The van der Waals surface area contributed by atoms with Crippen molar-refractivity contribution in [1.82, 2.24) is 5.32 Å². The van der Waals surface area contributed by atoms with E-state index < -0.39 is 0 Å². The molecular weight excluding hydrogens is 216 g/mol. The molecule has 0 heterocycles. The summed E-state index contributed by atoms with van der Waals surface area (Å²) >= 11 is 1.78. The molecule has 0 radical (unpaired) electrons. The number of hydrogen-bond donors (Lipinski definition) is 2. The molecule has 0 fully saturated rings. The van der Waals surface area contributed by atoms with Gasteiger partial charge in [-0.3, -0.25) is 0 Å². The summed E-state index contributed by atoms with van der Waals surface area (Å²) in [4.78, 5) is 1.31. The molecule has 1 rings (SSSR count). The lowest BCUT2D eigenvalue weighted by Gasteiger charge is -2.23. The molecule has 90 valence electrons. The number of rotatable bonds is 6. The van der Waals surface area contributed by atoms with Crippen LogP contribution in [-0.4, -0.2) is 19.8 Å². The molecule has 0 bridgehead atoms. The third-order valence-corrected chi connectivity index (χ3v) is 3.72. The smallest absolute Gasteiger partial charge is 0.0343 e. The molecule has 3 N–H and O–H groups in total. The first-order chi connectivity index (χ1) is 7.72. The van der Waals surface area contributed by atoms with Gasteiger partial charge in [0.2, 0.25) is 0 Å². The van der Waals surface area contributed by atoms with Crippen molar-refractivity contribution in [1.29, 1.82) is 0 Å². The normalized spacial score (nSPS) is 14.8. The molecule has 0 saturated carbocycles. The predicted molar refractivity (Wildman–Crippen MR) is 72.9 cm³/mol. The second kappa shape index (κ2) is 6.94. The fourth-order valence-electron chi connectivity index (χ4n) is 2.02. The van der Waals surface area contributed by atoms with E-state index in [0.29, 0.717) is 12.0 Å². The zero-order chi connectivity index (χ0) is 12.0. The lowest BCUT2D eigenvalue weighted by atomic mass is 9.92. The van der Waals surface area contributed by atoms with E-state index in [-0.39, 0.29) is 0 Å². The number of nitrogens with one attached hydrogen (secondary N) is 1. The largest absolute Gasteiger partial charge is 0.330 e. The second-order valence-corrected chi connectivity index (χ2v) is 4.97. The highest BCUT2D eigenvalue weighted by molar-refractivity contribution is 7.98. The van der Waals surface area contributed by atoms with Gasteiger partial charge in [-0.15, -0.1) is 11.8 Å². The van der Waals surface area contributed by atoms with Gasteiger partial charge in [-0.25, -0.2) is 0 Å². The molecule has 0 saturated heterocycles. The summed E-state index contributed by atoms with van der Waals surface area (Å²) in [6.45, 7) is 3.00. The van der Waals surface area contributed by atoms with Gasteiger partial charge in [-0.05, 0) is 49.9 Å². The minimum Gasteiger partial charge on any atom is -0.330 e. The molecule has 2 atom stereocenters. The third kappa shape index (κ3) is 3.51. The quantitative estimate of drug-likeness (QED) is 0.748. The topological polar surface area (TPSA) is 38.0 Å². The van der Waals surface area contributed by atoms with Gasteiger partial charge in [-0.2, -0.15) is 0 Å². The van der Waals surface area contributed by atoms with Gasteiger partial charge in [0, 0.05) is 10.9 Å². The van der Waals surface area contributed by atoms with Crippen LogP contribution in [0.2, 0.25) is 0 Å². The van der Waals surface area contributed by atoms with Crippen LogP contribution in [-0.2, 0) is 0 Å². The van der Waals surface area contributed by atoms with Crippen molar-refractivity contribution in [3.8, 4) is 0 Å². The standard InChI is InChI=1S/C13H22N2S/c1-10(8-9-14)13(15-2)11-4-6-12(16-3)7-5-11/h4-7,10,13,15H,8-9,14H2,1-3H3. The second-order valence-electron chi connectivity index (χ2n) is 4.09. The van der Waals surface area contributed by atoms with Gasteiger partial charge < -0.3 is 11.1 Å². The van der Waals surface area contributed by atoms with Crippen LogP contribution < -0.4 is 11.1 Å². The maximum Gasteiger partial charge on any atom is 0.0343 e. The summed E-state index contributed by atoms with van der Waals surface area (Å²) in [5, 5.41) is 3.38. The molecule has 0 aliphatic rings. The highest BCUT2D eigenvalue weighted by Gasteiger charge is 2.16. The van der Waals surface area contributed by atoms with Gasteiger partial charge in [0.1, 0.15) is 0 Å². The maximum atomic E-state index is 5.61. The van der Waals surface area contributed by atoms with Crippen LogP contribution in [0.3, 0.4) is 0 Å². The summed E-state index contributed by atoms with van der Waals surface area (Å²) in [5.41, 5.74) is 6.96. The van der Waals surface area contributed by atoms with Crippen molar-refractivity contribution in [3.63, 3.8) is 0 Å². The van der Waals surface area contributed by atoms with E-state index in [9.17, 15) is 0 Å². The minimum absolute atomic E-state index is 0.402. The summed E-state index contributed by atoms with van der Waals surface area (Å²) in [7, 11) is 2.01. The van der Waals surface area contributed by atoms with Crippen LogP contribution in [0.25, 0.3) is 0 Å². The van der Waals surface area contributed by atoms with Crippen molar-refractivity contribution in [3.05, 3.63) is 29.8 Å². The van der Waals surface area contributed by atoms with Crippen LogP contribution >= 0.6 is 11.8 Å². The molecule has 2 nitrogen and oxygen atoms in total. The van der Waals surface area contributed by atoms with E-state index in [2.05, 4.69) is 42.8 Å². The van der Waals surface area contributed by atoms with E-state index in [4.69, 9.17) is 5.73 Å². The van der Waals surface area contributed by atoms with E-state index in [1.54, 1.807) is 11.8 Å². The summed E-state index contributed by atoms with van der Waals surface area (Å²) in [6, 6.07) is 9.18. The van der Waals surface area contributed by atoms with Crippen LogP contribution in [0, 0.1) is 5.92 Å². The number of thioether (sulfide) groups is 1. The van der Waals surface area contributed by atoms with Crippen molar-refractivity contribution in [2.75, 3.05) is 19.8 Å². The molecule has 0 amide bonds. The Morgan fingerprint density at radius 1 is 1.31 bits per heavy atom. The Morgan fingerprint density at radius 2 is 1.94 bits per heavy atom. The lowest BCUT2D eigenvalue weighted by molar-refractivity contribution is 0.391. The van der Waals surface area contributed by atoms with Gasteiger partial charge in [0.05, 0.1) is 0 Å². The molecule has 0 spiro atoms. The highest BCUT2D eigenvalue weighted by atomic mass is 32.2. The summed E-state index contributed by atoms with van der Waals surface area (Å²) in [5.74, 6) is 0.565. The van der Waals surface area contributed by atoms with Gasteiger partial charge in [-0.1, -0.05) is 19.1 Å². The Morgan fingerprint density at radius 3 is 2.38 bits per heavy atom. The van der Waals surface area contributed by atoms with E-state index in [0.717, 1.165) is 13.0 Å². The first kappa shape index (κ1) is 13.6. The zero-order valence-corrected chi connectivity index (χ0v) is 11.2. The molecule has 1 aromatic rings. The van der Waals surface area contributed by atoms with Crippen molar-refractivity contribution in [2.24, 2.45) is 11.7 Å². The highest BCUT2D eigenvalue weighted by Crippen LogP contribution is 2.25. The SMILES string of the molecule is CNC(c1ccc(SC)cc1)C(C)CCN. The third-order valence-electron chi connectivity index (χ3n) is 2.98. The number of benzene rings is 1. The molecule has 3 heteroatoms. The summed E-state index contributed by atoms with van der Waals surface area (Å²) < 4.78 is 0. The van der Waals surface area contributed by atoms with Crippen LogP contribution in [0.4, 0.5) is 0 Å². The molecular formula is C13H22N2S. The molecule has 2 unspecified atom stereocenters. The Labute approximate surface area is 103 Å². The van der Waals surface area contributed by atoms with Crippen LogP contribution in [0.15, 0.2) is 29.2 Å².